The molecule has 0 aliphatic carbocycles. The second-order valence-corrected chi connectivity index (χ2v) is 6.12. The summed E-state index contributed by atoms with van der Waals surface area (Å²) in [6.45, 7) is 5.80. The SMILES string of the molecule is COC(C)=O.C[C@@H]1CCNC[C@@H]1c1ncc2cnc3[nH]ccc3n12. The number of imidazole rings is 1. The van der Waals surface area contributed by atoms with E-state index in [1.165, 1.54) is 20.5 Å². The van der Waals surface area contributed by atoms with Gasteiger partial charge in [0.15, 0.2) is 5.65 Å². The van der Waals surface area contributed by atoms with Gasteiger partial charge in [-0.25, -0.2) is 9.97 Å². The molecule has 1 saturated heterocycles. The predicted octanol–water partition coefficient (Wildman–Crippen LogP) is 2.10. The Morgan fingerprint density at radius 1 is 1.38 bits per heavy atom. The maximum Gasteiger partial charge on any atom is 0.302 e. The molecule has 1 fully saturated rings. The molecular formula is C17H23N5O2. The number of methoxy groups -OCH3 is 1. The molecule has 3 aromatic heterocycles. The van der Waals surface area contributed by atoms with E-state index >= 15 is 0 Å². The smallest absolute Gasteiger partial charge is 0.302 e. The summed E-state index contributed by atoms with van der Waals surface area (Å²) in [5.74, 6) is 2.04. The zero-order valence-electron chi connectivity index (χ0n) is 14.2. The third-order valence-electron chi connectivity index (χ3n) is 4.53. The number of ether oxygens (including phenoxy) is 1. The van der Waals surface area contributed by atoms with Crippen molar-refractivity contribution in [1.82, 2.24) is 24.7 Å². The van der Waals surface area contributed by atoms with Crippen molar-refractivity contribution >= 4 is 22.6 Å². The molecule has 7 heteroatoms. The van der Waals surface area contributed by atoms with Gasteiger partial charge in [0.25, 0.3) is 0 Å². The summed E-state index contributed by atoms with van der Waals surface area (Å²) >= 11 is 0. The van der Waals surface area contributed by atoms with Crippen LogP contribution in [0.3, 0.4) is 0 Å². The Morgan fingerprint density at radius 3 is 2.83 bits per heavy atom. The fourth-order valence-corrected chi connectivity index (χ4v) is 3.10. The Kier molecular flexibility index (Phi) is 4.80. The Bertz CT molecular complexity index is 838. The van der Waals surface area contributed by atoms with Gasteiger partial charge in [0.05, 0.1) is 30.5 Å². The van der Waals surface area contributed by atoms with Crippen LogP contribution in [0.5, 0.6) is 0 Å². The summed E-state index contributed by atoms with van der Waals surface area (Å²) in [5.41, 5.74) is 3.10. The number of rotatable bonds is 1. The topological polar surface area (TPSA) is 84.3 Å². The fraction of sp³-hybridized carbons (Fsp3) is 0.471. The van der Waals surface area contributed by atoms with E-state index in [1.807, 2.05) is 18.6 Å². The molecule has 0 spiro atoms. The minimum Gasteiger partial charge on any atom is -0.469 e. The second kappa shape index (κ2) is 7.00. The molecule has 3 aromatic rings. The minimum atomic E-state index is -0.245. The first-order valence-corrected chi connectivity index (χ1v) is 8.16. The first-order valence-electron chi connectivity index (χ1n) is 8.16. The molecule has 2 N–H and O–H groups in total. The van der Waals surface area contributed by atoms with Gasteiger partial charge in [0, 0.05) is 25.6 Å². The van der Waals surface area contributed by atoms with Crippen LogP contribution in [-0.4, -0.2) is 45.5 Å². The van der Waals surface area contributed by atoms with Gasteiger partial charge >= 0.3 is 5.97 Å². The lowest BCUT2D eigenvalue weighted by atomic mass is 9.87. The molecule has 0 bridgehead atoms. The molecule has 1 aliphatic rings. The third-order valence-corrected chi connectivity index (χ3v) is 4.53. The predicted molar refractivity (Wildman–Crippen MR) is 91.9 cm³/mol. The number of aromatic nitrogens is 4. The number of esters is 1. The van der Waals surface area contributed by atoms with E-state index in [9.17, 15) is 4.79 Å². The molecule has 2 atom stereocenters. The average Bonchev–Trinajstić information content (AvgIpc) is 3.21. The van der Waals surface area contributed by atoms with Crippen LogP contribution in [-0.2, 0) is 9.53 Å². The Labute approximate surface area is 140 Å². The molecule has 0 saturated carbocycles. The Hall–Kier alpha value is -2.41. The highest BCUT2D eigenvalue weighted by atomic mass is 16.5. The van der Waals surface area contributed by atoms with Gasteiger partial charge in [-0.05, 0) is 24.9 Å². The highest BCUT2D eigenvalue weighted by Gasteiger charge is 2.26. The third kappa shape index (κ3) is 3.12. The highest BCUT2D eigenvalue weighted by Crippen LogP contribution is 2.29. The van der Waals surface area contributed by atoms with Crippen LogP contribution in [0.4, 0.5) is 0 Å². The molecule has 0 radical (unpaired) electrons. The van der Waals surface area contributed by atoms with Crippen molar-refractivity contribution in [2.45, 2.75) is 26.2 Å². The van der Waals surface area contributed by atoms with Crippen LogP contribution in [0.1, 0.15) is 32.0 Å². The normalized spacial score (nSPS) is 20.6. The van der Waals surface area contributed by atoms with Gasteiger partial charge < -0.3 is 15.0 Å². The molecule has 0 amide bonds. The number of hydrogen-bond acceptors (Lipinski definition) is 5. The van der Waals surface area contributed by atoms with Crippen LogP contribution >= 0.6 is 0 Å². The molecule has 7 nitrogen and oxygen atoms in total. The molecule has 128 valence electrons. The highest BCUT2D eigenvalue weighted by molar-refractivity contribution is 5.75. The minimum absolute atomic E-state index is 0.245. The molecule has 0 unspecified atom stereocenters. The largest absolute Gasteiger partial charge is 0.469 e. The average molecular weight is 329 g/mol. The van der Waals surface area contributed by atoms with E-state index in [1.54, 1.807) is 0 Å². The van der Waals surface area contributed by atoms with Crippen molar-refractivity contribution in [3.63, 3.8) is 0 Å². The monoisotopic (exact) mass is 329 g/mol. The van der Waals surface area contributed by atoms with E-state index < -0.39 is 0 Å². The maximum atomic E-state index is 9.59. The summed E-state index contributed by atoms with van der Waals surface area (Å²) in [7, 11) is 1.35. The summed E-state index contributed by atoms with van der Waals surface area (Å²) in [4.78, 5) is 21.8. The van der Waals surface area contributed by atoms with Crippen LogP contribution in [0.15, 0.2) is 24.7 Å². The lowest BCUT2D eigenvalue weighted by Gasteiger charge is -2.28. The van der Waals surface area contributed by atoms with Crippen LogP contribution in [0.25, 0.3) is 16.7 Å². The van der Waals surface area contributed by atoms with Crippen molar-refractivity contribution in [2.24, 2.45) is 5.92 Å². The standard InChI is InChI=1S/C14H17N5.C3H6O2/c1-9-2-4-15-8-11(9)14-18-7-10-6-17-13-12(19(10)14)3-5-16-13;1-3(4)5-2/h3,5-7,9,11,15-16H,2,4,8H2,1H3;1-2H3/t9-,11+;/m1./s1. The van der Waals surface area contributed by atoms with Crippen molar-refractivity contribution in [1.29, 1.82) is 0 Å². The number of H-pyrrole nitrogens is 1. The number of fused-ring (bicyclic) bond motifs is 3. The number of nitrogens with one attached hydrogen (secondary N) is 2. The molecular weight excluding hydrogens is 306 g/mol. The molecule has 4 rings (SSSR count). The number of nitrogens with zero attached hydrogens (tertiary/aromatic N) is 3. The lowest BCUT2D eigenvalue weighted by molar-refractivity contribution is -0.137. The second-order valence-electron chi connectivity index (χ2n) is 6.12. The number of carbonyl (C=O) groups is 1. The zero-order valence-corrected chi connectivity index (χ0v) is 14.2. The van der Waals surface area contributed by atoms with E-state index in [2.05, 4.69) is 42.4 Å². The van der Waals surface area contributed by atoms with Gasteiger partial charge in [0.2, 0.25) is 0 Å². The number of piperidine rings is 1. The first-order chi connectivity index (χ1) is 11.6. The Morgan fingerprint density at radius 2 is 2.12 bits per heavy atom. The number of carbonyl (C=O) groups excluding carboxylic acids is 1. The molecule has 1 aliphatic heterocycles. The van der Waals surface area contributed by atoms with Crippen molar-refractivity contribution in [2.75, 3.05) is 20.2 Å². The Balaban J connectivity index is 0.000000300. The number of aromatic amines is 1. The van der Waals surface area contributed by atoms with E-state index in [0.29, 0.717) is 11.8 Å². The van der Waals surface area contributed by atoms with E-state index in [0.717, 1.165) is 35.6 Å². The van der Waals surface area contributed by atoms with Crippen LogP contribution in [0, 0.1) is 5.92 Å². The van der Waals surface area contributed by atoms with Crippen LogP contribution < -0.4 is 5.32 Å². The van der Waals surface area contributed by atoms with E-state index in [4.69, 9.17) is 0 Å². The van der Waals surface area contributed by atoms with Crippen LogP contribution in [0.2, 0.25) is 0 Å². The summed E-state index contributed by atoms with van der Waals surface area (Å²) in [6, 6.07) is 2.07. The van der Waals surface area contributed by atoms with Crippen molar-refractivity contribution in [3.05, 3.63) is 30.5 Å². The van der Waals surface area contributed by atoms with Crippen molar-refractivity contribution < 1.29 is 9.53 Å². The summed E-state index contributed by atoms with van der Waals surface area (Å²) < 4.78 is 6.35. The zero-order chi connectivity index (χ0) is 17.1. The summed E-state index contributed by atoms with van der Waals surface area (Å²) in [6.07, 6.45) is 6.96. The van der Waals surface area contributed by atoms with E-state index in [-0.39, 0.29) is 5.97 Å². The molecule has 24 heavy (non-hydrogen) atoms. The quantitative estimate of drug-likeness (QED) is 0.668. The number of hydrogen-bond donors (Lipinski definition) is 2. The summed E-state index contributed by atoms with van der Waals surface area (Å²) in [5, 5.41) is 3.48. The maximum absolute atomic E-state index is 9.59. The molecule has 4 heterocycles. The van der Waals surface area contributed by atoms with Crippen molar-refractivity contribution in [3.8, 4) is 0 Å². The molecule has 0 aromatic carbocycles. The van der Waals surface area contributed by atoms with Gasteiger partial charge in [-0.1, -0.05) is 6.92 Å². The fourth-order valence-electron chi connectivity index (χ4n) is 3.10. The lowest BCUT2D eigenvalue weighted by Crippen LogP contribution is -2.34. The van der Waals surface area contributed by atoms with Gasteiger partial charge in [-0.3, -0.25) is 9.20 Å². The van der Waals surface area contributed by atoms with Gasteiger partial charge in [-0.2, -0.15) is 0 Å². The first kappa shape index (κ1) is 16.4. The van der Waals surface area contributed by atoms with Gasteiger partial charge in [-0.15, -0.1) is 0 Å². The van der Waals surface area contributed by atoms with Gasteiger partial charge in [0.1, 0.15) is 5.82 Å².